The van der Waals surface area contributed by atoms with Gasteiger partial charge in [0.2, 0.25) is 5.91 Å². The zero-order valence-corrected chi connectivity index (χ0v) is 20.2. The van der Waals surface area contributed by atoms with Gasteiger partial charge in [0.25, 0.3) is 5.91 Å². The van der Waals surface area contributed by atoms with Gasteiger partial charge in [-0.05, 0) is 60.1 Å². The number of fused-ring (bicyclic) bond motifs is 1. The molecule has 3 aromatic carbocycles. The van der Waals surface area contributed by atoms with Crippen molar-refractivity contribution in [2.24, 2.45) is 0 Å². The number of ether oxygens (including phenoxy) is 1. The highest BCUT2D eigenvalue weighted by molar-refractivity contribution is 6.09. The number of nitrogens with one attached hydrogen (secondary N) is 1. The van der Waals surface area contributed by atoms with E-state index in [0.717, 1.165) is 35.0 Å². The van der Waals surface area contributed by atoms with E-state index in [9.17, 15) is 14.4 Å². The maximum atomic E-state index is 13.0. The summed E-state index contributed by atoms with van der Waals surface area (Å²) in [5, 5.41) is 4.98. The van der Waals surface area contributed by atoms with Crippen LogP contribution in [0.4, 0.5) is 5.69 Å². The minimum absolute atomic E-state index is 0.132. The molecule has 0 radical (unpaired) electrons. The molecule has 1 aliphatic rings. The normalized spacial score (nSPS) is 14.6. The fourth-order valence-electron chi connectivity index (χ4n) is 4.14. The summed E-state index contributed by atoms with van der Waals surface area (Å²) < 4.78 is 4.87. The Morgan fingerprint density at radius 1 is 0.886 bits per heavy atom. The molecule has 0 aromatic heterocycles. The molecular weight excluding hydrogens is 442 g/mol. The van der Waals surface area contributed by atoms with Gasteiger partial charge >= 0.3 is 5.97 Å². The lowest BCUT2D eigenvalue weighted by molar-refractivity contribution is -0.111. The van der Waals surface area contributed by atoms with Crippen molar-refractivity contribution in [3.63, 3.8) is 0 Å². The van der Waals surface area contributed by atoms with Crippen LogP contribution in [0.1, 0.15) is 33.2 Å². The van der Waals surface area contributed by atoms with Crippen LogP contribution in [-0.2, 0) is 9.53 Å². The third-order valence-electron chi connectivity index (χ3n) is 6.27. The number of carbonyl (C=O) groups is 3. The van der Waals surface area contributed by atoms with Crippen LogP contribution >= 0.6 is 0 Å². The van der Waals surface area contributed by atoms with Crippen LogP contribution in [0.15, 0.2) is 66.7 Å². The number of benzene rings is 3. The van der Waals surface area contributed by atoms with Gasteiger partial charge in [-0.2, -0.15) is 0 Å². The lowest BCUT2D eigenvalue weighted by atomic mass is 10.0. The number of rotatable bonds is 5. The van der Waals surface area contributed by atoms with Gasteiger partial charge in [0.05, 0.1) is 18.4 Å². The van der Waals surface area contributed by atoms with E-state index in [1.54, 1.807) is 17.0 Å². The number of anilines is 1. The standard InChI is InChI=1S/C28H29N3O4/c1-19(21-9-8-20-6-4-5-7-22(20)17-21)16-26(32)29-25-18-23(10-11-24(25)28(34)35-3)27(33)31-14-12-30(2)13-15-31/h4-11,16-18H,12-15H2,1-3H3,(H,29,32). The van der Waals surface area contributed by atoms with Crippen molar-refractivity contribution in [1.82, 2.24) is 9.80 Å². The number of piperazine rings is 1. The highest BCUT2D eigenvalue weighted by Crippen LogP contribution is 2.23. The van der Waals surface area contributed by atoms with E-state index >= 15 is 0 Å². The summed E-state index contributed by atoms with van der Waals surface area (Å²) in [4.78, 5) is 42.2. The van der Waals surface area contributed by atoms with Gasteiger partial charge < -0.3 is 19.9 Å². The summed E-state index contributed by atoms with van der Waals surface area (Å²) >= 11 is 0. The van der Waals surface area contributed by atoms with Crippen LogP contribution in [0.2, 0.25) is 0 Å². The Kier molecular flexibility index (Phi) is 7.27. The lowest BCUT2D eigenvalue weighted by Gasteiger charge is -2.32. The van der Waals surface area contributed by atoms with E-state index in [1.807, 2.05) is 56.4 Å². The Morgan fingerprint density at radius 3 is 2.29 bits per heavy atom. The third kappa shape index (κ3) is 5.58. The second kappa shape index (κ2) is 10.5. The van der Waals surface area contributed by atoms with E-state index in [-0.39, 0.29) is 17.2 Å². The number of amides is 2. The quantitative estimate of drug-likeness (QED) is 0.449. The monoisotopic (exact) mass is 471 g/mol. The van der Waals surface area contributed by atoms with Crippen LogP contribution in [-0.4, -0.2) is 67.9 Å². The highest BCUT2D eigenvalue weighted by Gasteiger charge is 2.22. The van der Waals surface area contributed by atoms with Crippen LogP contribution in [0, 0.1) is 0 Å². The molecule has 1 fully saturated rings. The van der Waals surface area contributed by atoms with E-state index in [4.69, 9.17) is 4.74 Å². The predicted octanol–water partition coefficient (Wildman–Crippen LogP) is 4.06. The first kappa shape index (κ1) is 24.2. The zero-order valence-electron chi connectivity index (χ0n) is 20.2. The molecule has 7 nitrogen and oxygen atoms in total. The first-order valence-corrected chi connectivity index (χ1v) is 11.5. The van der Waals surface area contributed by atoms with Crippen LogP contribution in [0.25, 0.3) is 16.3 Å². The van der Waals surface area contributed by atoms with Crippen LogP contribution in [0.3, 0.4) is 0 Å². The van der Waals surface area contributed by atoms with Crippen molar-refractivity contribution in [2.45, 2.75) is 6.92 Å². The zero-order chi connectivity index (χ0) is 24.9. The molecule has 1 saturated heterocycles. The Morgan fingerprint density at radius 2 is 1.57 bits per heavy atom. The number of hydrogen-bond acceptors (Lipinski definition) is 5. The number of methoxy groups -OCH3 is 1. The van der Waals surface area contributed by atoms with Crippen LogP contribution < -0.4 is 5.32 Å². The molecule has 180 valence electrons. The molecule has 35 heavy (non-hydrogen) atoms. The number of hydrogen-bond donors (Lipinski definition) is 1. The number of carbonyl (C=O) groups excluding carboxylic acids is 3. The van der Waals surface area contributed by atoms with Gasteiger partial charge in [0.1, 0.15) is 0 Å². The third-order valence-corrected chi connectivity index (χ3v) is 6.27. The fourth-order valence-corrected chi connectivity index (χ4v) is 4.14. The minimum Gasteiger partial charge on any atom is -0.465 e. The van der Waals surface area contributed by atoms with Gasteiger partial charge in [-0.15, -0.1) is 0 Å². The lowest BCUT2D eigenvalue weighted by Crippen LogP contribution is -2.47. The number of nitrogens with zero attached hydrogens (tertiary/aromatic N) is 2. The van der Waals surface area contributed by atoms with Gasteiger partial charge in [-0.3, -0.25) is 9.59 Å². The van der Waals surface area contributed by atoms with Crippen molar-refractivity contribution >= 4 is 39.8 Å². The number of esters is 1. The summed E-state index contributed by atoms with van der Waals surface area (Å²) in [5.74, 6) is -1.12. The van der Waals surface area contributed by atoms with E-state index in [1.165, 1.54) is 19.3 Å². The van der Waals surface area contributed by atoms with Gasteiger partial charge in [-0.1, -0.05) is 36.4 Å². The Bertz CT molecular complexity index is 1310. The van der Waals surface area contributed by atoms with Gasteiger partial charge in [-0.25, -0.2) is 4.79 Å². The van der Waals surface area contributed by atoms with E-state index in [0.29, 0.717) is 18.7 Å². The molecule has 0 atom stereocenters. The second-order valence-corrected chi connectivity index (χ2v) is 8.73. The van der Waals surface area contributed by atoms with Crippen molar-refractivity contribution < 1.29 is 19.1 Å². The topological polar surface area (TPSA) is 79.0 Å². The number of likely N-dealkylation sites (N-methyl/N-ethyl adjacent to an activating group) is 1. The van der Waals surface area contributed by atoms with Crippen molar-refractivity contribution in [3.8, 4) is 0 Å². The van der Waals surface area contributed by atoms with Crippen molar-refractivity contribution in [3.05, 3.63) is 83.4 Å². The summed E-state index contributed by atoms with van der Waals surface area (Å²) in [6.07, 6.45) is 1.49. The molecule has 1 N–H and O–H groups in total. The Hall–Kier alpha value is -3.97. The second-order valence-electron chi connectivity index (χ2n) is 8.73. The molecule has 1 aliphatic heterocycles. The average Bonchev–Trinajstić information content (AvgIpc) is 2.87. The van der Waals surface area contributed by atoms with Crippen molar-refractivity contribution in [1.29, 1.82) is 0 Å². The van der Waals surface area contributed by atoms with Crippen LogP contribution in [0.5, 0.6) is 0 Å². The minimum atomic E-state index is -0.589. The molecule has 4 rings (SSSR count). The van der Waals surface area contributed by atoms with Crippen molar-refractivity contribution in [2.75, 3.05) is 45.7 Å². The van der Waals surface area contributed by atoms with Gasteiger partial charge in [0.15, 0.2) is 0 Å². The SMILES string of the molecule is COC(=O)c1ccc(C(=O)N2CCN(C)CC2)cc1NC(=O)C=C(C)c1ccc2ccccc2c1. The molecule has 3 aromatic rings. The molecule has 0 bridgehead atoms. The molecule has 7 heteroatoms. The summed E-state index contributed by atoms with van der Waals surface area (Å²) in [7, 11) is 3.30. The number of allylic oxidation sites excluding steroid dienone is 1. The highest BCUT2D eigenvalue weighted by atomic mass is 16.5. The summed E-state index contributed by atoms with van der Waals surface area (Å²) in [6.45, 7) is 4.72. The van der Waals surface area contributed by atoms with Gasteiger partial charge in [0, 0.05) is 37.8 Å². The smallest absolute Gasteiger partial charge is 0.339 e. The first-order valence-electron chi connectivity index (χ1n) is 11.5. The Labute approximate surface area is 205 Å². The average molecular weight is 472 g/mol. The first-order chi connectivity index (χ1) is 16.9. The van der Waals surface area contributed by atoms with E-state index < -0.39 is 11.9 Å². The molecule has 0 saturated carbocycles. The van der Waals surface area contributed by atoms with E-state index in [2.05, 4.69) is 10.2 Å². The maximum Gasteiger partial charge on any atom is 0.339 e. The molecule has 0 spiro atoms. The molecule has 1 heterocycles. The molecule has 2 amide bonds. The fraction of sp³-hybridized carbons (Fsp3) is 0.250. The Balaban J connectivity index is 1.57. The molecular formula is C28H29N3O4. The predicted molar refractivity (Wildman–Crippen MR) is 137 cm³/mol. The maximum absolute atomic E-state index is 13.0. The molecule has 0 unspecified atom stereocenters. The summed E-state index contributed by atoms with van der Waals surface area (Å²) in [5.41, 5.74) is 2.54. The molecule has 0 aliphatic carbocycles. The summed E-state index contributed by atoms with van der Waals surface area (Å²) in [6, 6.07) is 18.7. The largest absolute Gasteiger partial charge is 0.465 e.